The summed E-state index contributed by atoms with van der Waals surface area (Å²) in [7, 11) is 0. The molecule has 1 rings (SSSR count). The van der Waals surface area contributed by atoms with Crippen molar-refractivity contribution in [3.63, 3.8) is 0 Å². The van der Waals surface area contributed by atoms with Gasteiger partial charge in [-0.2, -0.15) is 5.26 Å². The molecule has 58 valence electrons. The number of rotatable bonds is 0. The largest absolute Gasteiger partial charge is 0.397 e. The predicted molar refractivity (Wildman–Crippen MR) is 45.8 cm³/mol. The van der Waals surface area contributed by atoms with Crippen LogP contribution in [0.4, 0.5) is 5.69 Å². The summed E-state index contributed by atoms with van der Waals surface area (Å²) >= 11 is 0. The summed E-state index contributed by atoms with van der Waals surface area (Å²) in [6.07, 6.45) is 1.77. The molecular weight excluding hydrogens is 150 g/mol. The third-order valence-corrected chi connectivity index (χ3v) is 1.17. The SMILES string of the molecule is N#CCC#Cc1ccc(N)cn1. The maximum atomic E-state index is 8.20. The monoisotopic (exact) mass is 157 g/mol. The molecule has 0 spiro atoms. The van der Waals surface area contributed by atoms with Crippen LogP contribution in [0.1, 0.15) is 12.1 Å². The number of nitrogen functional groups attached to an aromatic ring is 1. The molecule has 1 aromatic rings. The van der Waals surface area contributed by atoms with E-state index in [1.165, 1.54) is 6.20 Å². The smallest absolute Gasteiger partial charge is 0.113 e. The van der Waals surface area contributed by atoms with Crippen molar-refractivity contribution in [3.8, 4) is 17.9 Å². The number of hydrogen-bond acceptors (Lipinski definition) is 3. The van der Waals surface area contributed by atoms with Crippen molar-refractivity contribution in [2.24, 2.45) is 0 Å². The fourth-order valence-corrected chi connectivity index (χ4v) is 0.654. The number of hydrogen-bond donors (Lipinski definition) is 1. The van der Waals surface area contributed by atoms with Gasteiger partial charge in [-0.05, 0) is 18.1 Å². The van der Waals surface area contributed by atoms with E-state index >= 15 is 0 Å². The van der Waals surface area contributed by atoms with Gasteiger partial charge in [0.05, 0.1) is 24.4 Å². The van der Waals surface area contributed by atoms with Crippen LogP contribution in [-0.4, -0.2) is 4.98 Å². The highest BCUT2D eigenvalue weighted by Crippen LogP contribution is 1.98. The quantitative estimate of drug-likeness (QED) is 0.570. The maximum absolute atomic E-state index is 8.20. The Morgan fingerprint density at radius 1 is 1.50 bits per heavy atom. The zero-order chi connectivity index (χ0) is 8.81. The number of pyridine rings is 1. The summed E-state index contributed by atoms with van der Waals surface area (Å²) in [5.41, 5.74) is 6.67. The van der Waals surface area contributed by atoms with Crippen LogP contribution in [0.3, 0.4) is 0 Å². The zero-order valence-corrected chi connectivity index (χ0v) is 6.41. The Bertz CT molecular complexity index is 348. The number of nitrogens with zero attached hydrogens (tertiary/aromatic N) is 2. The molecule has 1 heterocycles. The first-order valence-corrected chi connectivity index (χ1v) is 3.40. The Morgan fingerprint density at radius 2 is 2.33 bits per heavy atom. The normalized spacial score (nSPS) is 7.92. The highest BCUT2D eigenvalue weighted by Gasteiger charge is 1.86. The molecule has 0 aliphatic rings. The van der Waals surface area contributed by atoms with Gasteiger partial charge >= 0.3 is 0 Å². The lowest BCUT2D eigenvalue weighted by molar-refractivity contribution is 1.29. The summed E-state index contributed by atoms with van der Waals surface area (Å²) in [6.45, 7) is 0. The van der Waals surface area contributed by atoms with Crippen LogP contribution >= 0.6 is 0 Å². The van der Waals surface area contributed by atoms with Gasteiger partial charge in [0.25, 0.3) is 0 Å². The van der Waals surface area contributed by atoms with E-state index in [-0.39, 0.29) is 6.42 Å². The summed E-state index contributed by atoms with van der Waals surface area (Å²) < 4.78 is 0. The van der Waals surface area contributed by atoms with Gasteiger partial charge in [-0.1, -0.05) is 5.92 Å². The van der Waals surface area contributed by atoms with E-state index in [1.54, 1.807) is 12.1 Å². The van der Waals surface area contributed by atoms with Crippen molar-refractivity contribution in [3.05, 3.63) is 24.0 Å². The molecule has 0 saturated heterocycles. The molecule has 3 heteroatoms. The first-order valence-electron chi connectivity index (χ1n) is 3.40. The molecule has 0 aliphatic heterocycles. The number of nitriles is 1. The average Bonchev–Trinajstić information content (AvgIpc) is 2.09. The van der Waals surface area contributed by atoms with Gasteiger partial charge < -0.3 is 5.73 Å². The molecule has 0 saturated carbocycles. The van der Waals surface area contributed by atoms with Crippen molar-refractivity contribution in [2.45, 2.75) is 6.42 Å². The lowest BCUT2D eigenvalue weighted by atomic mass is 10.3. The second-order valence-corrected chi connectivity index (χ2v) is 2.11. The number of aromatic nitrogens is 1. The molecule has 2 N–H and O–H groups in total. The van der Waals surface area contributed by atoms with Crippen LogP contribution in [0.15, 0.2) is 18.3 Å². The minimum absolute atomic E-state index is 0.228. The summed E-state index contributed by atoms with van der Waals surface area (Å²) in [6, 6.07) is 5.37. The Labute approximate surface area is 70.8 Å². The summed E-state index contributed by atoms with van der Waals surface area (Å²) in [5, 5.41) is 8.20. The first kappa shape index (κ1) is 8.10. The first-order chi connectivity index (χ1) is 5.83. The van der Waals surface area contributed by atoms with Crippen molar-refractivity contribution in [1.29, 1.82) is 5.26 Å². The van der Waals surface area contributed by atoms with Gasteiger partial charge in [0.2, 0.25) is 0 Å². The molecule has 12 heavy (non-hydrogen) atoms. The van der Waals surface area contributed by atoms with Gasteiger partial charge in [0, 0.05) is 0 Å². The van der Waals surface area contributed by atoms with Crippen LogP contribution in [-0.2, 0) is 0 Å². The van der Waals surface area contributed by atoms with Gasteiger partial charge in [0.15, 0.2) is 0 Å². The molecule has 0 aliphatic carbocycles. The standard InChI is InChI=1S/C9H7N3/c10-6-2-1-3-9-5-4-8(11)7-12-9/h4-5,7H,2,11H2. The molecule has 0 bridgehead atoms. The molecule has 1 aromatic heterocycles. The Balaban J connectivity index is 2.74. The van der Waals surface area contributed by atoms with E-state index in [1.807, 2.05) is 6.07 Å². The van der Waals surface area contributed by atoms with Gasteiger partial charge in [0.1, 0.15) is 5.69 Å². The highest BCUT2D eigenvalue weighted by atomic mass is 14.7. The van der Waals surface area contributed by atoms with Crippen molar-refractivity contribution < 1.29 is 0 Å². The van der Waals surface area contributed by atoms with E-state index in [0.717, 1.165) is 0 Å². The van der Waals surface area contributed by atoms with E-state index in [4.69, 9.17) is 11.0 Å². The summed E-state index contributed by atoms with van der Waals surface area (Å²) in [5.74, 6) is 5.39. The van der Waals surface area contributed by atoms with Crippen LogP contribution in [0, 0.1) is 23.2 Å². The second-order valence-electron chi connectivity index (χ2n) is 2.11. The highest BCUT2D eigenvalue weighted by molar-refractivity contribution is 5.39. The average molecular weight is 157 g/mol. The van der Waals surface area contributed by atoms with Crippen LogP contribution in [0.2, 0.25) is 0 Å². The van der Waals surface area contributed by atoms with Crippen molar-refractivity contribution >= 4 is 5.69 Å². The fraction of sp³-hybridized carbons (Fsp3) is 0.111. The molecule has 0 radical (unpaired) electrons. The number of anilines is 1. The number of nitrogens with two attached hydrogens (primary N) is 1. The molecular formula is C9H7N3. The molecule has 0 atom stereocenters. The Kier molecular flexibility index (Phi) is 2.70. The van der Waals surface area contributed by atoms with Gasteiger partial charge in [-0.15, -0.1) is 0 Å². The van der Waals surface area contributed by atoms with E-state index in [0.29, 0.717) is 11.4 Å². The topological polar surface area (TPSA) is 62.7 Å². The minimum Gasteiger partial charge on any atom is -0.397 e. The van der Waals surface area contributed by atoms with Gasteiger partial charge in [-0.3, -0.25) is 0 Å². The van der Waals surface area contributed by atoms with E-state index in [2.05, 4.69) is 16.8 Å². The Morgan fingerprint density at radius 3 is 2.92 bits per heavy atom. The third kappa shape index (κ3) is 2.32. The molecule has 3 nitrogen and oxygen atoms in total. The fourth-order valence-electron chi connectivity index (χ4n) is 0.654. The van der Waals surface area contributed by atoms with Crippen molar-refractivity contribution in [2.75, 3.05) is 5.73 Å². The third-order valence-electron chi connectivity index (χ3n) is 1.17. The molecule has 0 fully saturated rings. The minimum atomic E-state index is 0.228. The maximum Gasteiger partial charge on any atom is 0.113 e. The van der Waals surface area contributed by atoms with E-state index in [9.17, 15) is 0 Å². The van der Waals surface area contributed by atoms with E-state index < -0.39 is 0 Å². The lowest BCUT2D eigenvalue weighted by Crippen LogP contribution is -1.87. The Hall–Kier alpha value is -2.00. The zero-order valence-electron chi connectivity index (χ0n) is 6.41. The lowest BCUT2D eigenvalue weighted by Gasteiger charge is -1.89. The predicted octanol–water partition coefficient (Wildman–Crippen LogP) is 0.929. The molecule has 0 unspecified atom stereocenters. The molecule has 0 aromatic carbocycles. The second kappa shape index (κ2) is 4.00. The van der Waals surface area contributed by atoms with Crippen LogP contribution in [0.5, 0.6) is 0 Å². The molecule has 0 amide bonds. The van der Waals surface area contributed by atoms with Crippen LogP contribution in [0.25, 0.3) is 0 Å². The van der Waals surface area contributed by atoms with Crippen LogP contribution < -0.4 is 5.73 Å². The van der Waals surface area contributed by atoms with Crippen molar-refractivity contribution in [1.82, 2.24) is 4.98 Å². The summed E-state index contributed by atoms with van der Waals surface area (Å²) in [4.78, 5) is 3.94. The van der Waals surface area contributed by atoms with Gasteiger partial charge in [-0.25, -0.2) is 4.98 Å².